The summed E-state index contributed by atoms with van der Waals surface area (Å²) < 4.78 is 15.1. The molecule has 6 nitrogen and oxygen atoms in total. The first-order chi connectivity index (χ1) is 15.0. The van der Waals surface area contributed by atoms with Gasteiger partial charge in [-0.1, -0.05) is 24.3 Å². The Kier molecular flexibility index (Phi) is 6.96. The Morgan fingerprint density at radius 3 is 2.03 bits per heavy atom. The molecule has 0 aromatic heterocycles. The molecule has 31 heavy (non-hydrogen) atoms. The van der Waals surface area contributed by atoms with Crippen LogP contribution in [0.3, 0.4) is 0 Å². The summed E-state index contributed by atoms with van der Waals surface area (Å²) in [6.45, 7) is 0. The minimum Gasteiger partial charge on any atom is -0.497 e. The smallest absolute Gasteiger partial charge is 0.343 e. The number of hydrogen-bond acceptors (Lipinski definition) is 6. The zero-order valence-corrected chi connectivity index (χ0v) is 17.0. The summed E-state index contributed by atoms with van der Waals surface area (Å²) in [4.78, 5) is 36.1. The lowest BCUT2D eigenvalue weighted by Gasteiger charge is -2.06. The maximum absolute atomic E-state index is 12.4. The first kappa shape index (κ1) is 21.5. The minimum absolute atomic E-state index is 0.206. The van der Waals surface area contributed by atoms with Crippen LogP contribution in [0.4, 0.5) is 0 Å². The summed E-state index contributed by atoms with van der Waals surface area (Å²) in [5.74, 6) is -0.261. The zero-order chi connectivity index (χ0) is 22.2. The van der Waals surface area contributed by atoms with Crippen molar-refractivity contribution in [1.82, 2.24) is 0 Å². The quantitative estimate of drug-likeness (QED) is 0.242. The second-order valence-corrected chi connectivity index (χ2v) is 6.46. The first-order valence-corrected chi connectivity index (χ1v) is 9.37. The second kappa shape index (κ2) is 10.0. The van der Waals surface area contributed by atoms with Gasteiger partial charge in [-0.3, -0.25) is 4.79 Å². The van der Waals surface area contributed by atoms with Gasteiger partial charge in [-0.2, -0.15) is 0 Å². The number of methoxy groups -OCH3 is 2. The molecule has 0 amide bonds. The van der Waals surface area contributed by atoms with E-state index in [9.17, 15) is 14.4 Å². The number of esters is 2. The van der Waals surface area contributed by atoms with Crippen LogP contribution in [0.15, 0.2) is 78.9 Å². The van der Waals surface area contributed by atoms with E-state index in [0.29, 0.717) is 28.2 Å². The average Bonchev–Trinajstić information content (AvgIpc) is 2.82. The monoisotopic (exact) mass is 416 g/mol. The highest BCUT2D eigenvalue weighted by molar-refractivity contribution is 6.07. The molecule has 0 N–H and O–H groups in total. The molecule has 0 aliphatic heterocycles. The minimum atomic E-state index is -0.520. The van der Waals surface area contributed by atoms with Gasteiger partial charge in [0.15, 0.2) is 5.78 Å². The molecule has 0 aliphatic rings. The third-order valence-electron chi connectivity index (χ3n) is 4.41. The van der Waals surface area contributed by atoms with Crippen LogP contribution in [0.1, 0.15) is 36.6 Å². The highest BCUT2D eigenvalue weighted by Gasteiger charge is 2.10. The van der Waals surface area contributed by atoms with Crippen molar-refractivity contribution in [3.05, 3.63) is 101 Å². The Morgan fingerprint density at radius 1 is 0.710 bits per heavy atom. The van der Waals surface area contributed by atoms with E-state index in [1.807, 2.05) is 0 Å². The summed E-state index contributed by atoms with van der Waals surface area (Å²) in [5.41, 5.74) is 2.01. The third-order valence-corrected chi connectivity index (χ3v) is 4.41. The van der Waals surface area contributed by atoms with Crippen LogP contribution in [0.5, 0.6) is 11.5 Å². The van der Waals surface area contributed by atoms with E-state index in [0.717, 1.165) is 5.56 Å². The van der Waals surface area contributed by atoms with E-state index in [1.54, 1.807) is 78.9 Å². The van der Waals surface area contributed by atoms with Crippen molar-refractivity contribution < 1.29 is 28.6 Å². The van der Waals surface area contributed by atoms with Crippen molar-refractivity contribution in [2.24, 2.45) is 0 Å². The highest BCUT2D eigenvalue weighted by Crippen LogP contribution is 2.18. The number of rotatable bonds is 7. The van der Waals surface area contributed by atoms with Crippen molar-refractivity contribution in [2.45, 2.75) is 0 Å². The van der Waals surface area contributed by atoms with E-state index in [1.165, 1.54) is 20.3 Å². The Bertz CT molecular complexity index is 1110. The van der Waals surface area contributed by atoms with E-state index in [-0.39, 0.29) is 5.78 Å². The normalized spacial score (nSPS) is 10.5. The summed E-state index contributed by atoms with van der Waals surface area (Å²) in [6, 6.07) is 19.6. The van der Waals surface area contributed by atoms with Gasteiger partial charge in [0.05, 0.1) is 25.3 Å². The van der Waals surface area contributed by atoms with Crippen molar-refractivity contribution in [3.63, 3.8) is 0 Å². The molecule has 156 valence electrons. The van der Waals surface area contributed by atoms with Crippen LogP contribution >= 0.6 is 0 Å². The Balaban J connectivity index is 1.62. The van der Waals surface area contributed by atoms with Crippen LogP contribution in [0, 0.1) is 0 Å². The molecule has 0 bridgehead atoms. The molecule has 0 fully saturated rings. The fraction of sp³-hybridized carbons (Fsp3) is 0.0800. The summed E-state index contributed by atoms with van der Waals surface area (Å²) in [7, 11) is 2.84. The molecule has 0 spiro atoms. The summed E-state index contributed by atoms with van der Waals surface area (Å²) in [5, 5.41) is 0. The number of ketones is 1. The topological polar surface area (TPSA) is 78.9 Å². The number of benzene rings is 3. The number of allylic oxidation sites excluding steroid dienone is 1. The van der Waals surface area contributed by atoms with Crippen LogP contribution < -0.4 is 9.47 Å². The molecule has 0 heterocycles. The lowest BCUT2D eigenvalue weighted by Crippen LogP contribution is -2.08. The van der Waals surface area contributed by atoms with Crippen LogP contribution in [-0.2, 0) is 4.74 Å². The number of ether oxygens (including phenoxy) is 3. The molecular formula is C25H20O6. The second-order valence-electron chi connectivity index (χ2n) is 6.46. The summed E-state index contributed by atoms with van der Waals surface area (Å²) >= 11 is 0. The molecule has 0 atom stereocenters. The molecule has 0 radical (unpaired) electrons. The highest BCUT2D eigenvalue weighted by atomic mass is 16.5. The van der Waals surface area contributed by atoms with Gasteiger partial charge in [0.1, 0.15) is 11.5 Å². The van der Waals surface area contributed by atoms with Gasteiger partial charge in [0.2, 0.25) is 0 Å². The van der Waals surface area contributed by atoms with Crippen molar-refractivity contribution in [3.8, 4) is 11.5 Å². The van der Waals surface area contributed by atoms with Crippen molar-refractivity contribution >= 4 is 23.8 Å². The van der Waals surface area contributed by atoms with Crippen molar-refractivity contribution in [2.75, 3.05) is 14.2 Å². The Labute approximate surface area is 179 Å². The largest absolute Gasteiger partial charge is 0.497 e. The predicted octanol–water partition coefficient (Wildman–Crippen LogP) is 4.60. The van der Waals surface area contributed by atoms with E-state index < -0.39 is 11.9 Å². The van der Waals surface area contributed by atoms with Gasteiger partial charge in [0.25, 0.3) is 0 Å². The fourth-order valence-electron chi connectivity index (χ4n) is 2.72. The molecular weight excluding hydrogens is 396 g/mol. The lowest BCUT2D eigenvalue weighted by atomic mass is 10.1. The Hall–Kier alpha value is -4.19. The van der Waals surface area contributed by atoms with Crippen LogP contribution in [0.2, 0.25) is 0 Å². The van der Waals surface area contributed by atoms with Crippen LogP contribution in [-0.4, -0.2) is 31.9 Å². The molecule has 0 saturated heterocycles. The fourth-order valence-corrected chi connectivity index (χ4v) is 2.72. The molecule has 3 aromatic rings. The maximum atomic E-state index is 12.4. The maximum Gasteiger partial charge on any atom is 0.343 e. The molecule has 0 saturated carbocycles. The van der Waals surface area contributed by atoms with Gasteiger partial charge < -0.3 is 14.2 Å². The SMILES string of the molecule is COC(=O)c1ccc(C=CC(=O)c2ccc(OC(=O)c3cccc(OC)c3)cc2)cc1. The molecule has 3 aromatic carbocycles. The summed E-state index contributed by atoms with van der Waals surface area (Å²) in [6.07, 6.45) is 3.09. The number of hydrogen-bond donors (Lipinski definition) is 0. The van der Waals surface area contributed by atoms with Gasteiger partial charge >= 0.3 is 11.9 Å². The van der Waals surface area contributed by atoms with Crippen LogP contribution in [0.25, 0.3) is 6.08 Å². The zero-order valence-electron chi connectivity index (χ0n) is 17.0. The van der Waals surface area contributed by atoms with Gasteiger partial charge in [-0.05, 0) is 66.2 Å². The standard InChI is InChI=1S/C25H20O6/c1-29-22-5-3-4-20(16-22)25(28)31-21-13-11-18(12-14-21)23(26)15-8-17-6-9-19(10-7-17)24(27)30-2/h3-16H,1-2H3. The number of carbonyl (C=O) groups is 3. The van der Waals surface area contributed by atoms with Gasteiger partial charge in [0, 0.05) is 5.56 Å². The van der Waals surface area contributed by atoms with E-state index in [2.05, 4.69) is 4.74 Å². The Morgan fingerprint density at radius 2 is 1.39 bits per heavy atom. The molecule has 3 rings (SSSR count). The molecule has 6 heteroatoms. The van der Waals surface area contributed by atoms with E-state index in [4.69, 9.17) is 9.47 Å². The van der Waals surface area contributed by atoms with Crippen molar-refractivity contribution in [1.29, 1.82) is 0 Å². The number of carbonyl (C=O) groups excluding carboxylic acids is 3. The average molecular weight is 416 g/mol. The third kappa shape index (κ3) is 5.67. The lowest BCUT2D eigenvalue weighted by molar-refractivity contribution is 0.0600. The van der Waals surface area contributed by atoms with Gasteiger partial charge in [-0.15, -0.1) is 0 Å². The first-order valence-electron chi connectivity index (χ1n) is 9.37. The molecule has 0 unspecified atom stereocenters. The molecule has 0 aliphatic carbocycles. The van der Waals surface area contributed by atoms with Gasteiger partial charge in [-0.25, -0.2) is 9.59 Å². The van der Waals surface area contributed by atoms with E-state index >= 15 is 0 Å². The predicted molar refractivity (Wildman–Crippen MR) is 116 cm³/mol.